The first-order valence-corrected chi connectivity index (χ1v) is 8.49. The van der Waals surface area contributed by atoms with Gasteiger partial charge in [-0.25, -0.2) is 9.18 Å². The number of amides is 3. The number of rotatable bonds is 8. The Balaban J connectivity index is 1.79. The number of hydrogen-bond acceptors (Lipinski definition) is 3. The van der Waals surface area contributed by atoms with Crippen LogP contribution in [-0.4, -0.2) is 41.5 Å². The molecule has 2 bridgehead atoms. The zero-order chi connectivity index (χ0) is 20.7. The summed E-state index contributed by atoms with van der Waals surface area (Å²) >= 11 is 0. The summed E-state index contributed by atoms with van der Waals surface area (Å²) in [6.07, 6.45) is -6.63. The third-order valence-corrected chi connectivity index (χ3v) is 5.15. The first kappa shape index (κ1) is 20.2. The predicted octanol–water partition coefficient (Wildman–Crippen LogP) is 2.61. The van der Waals surface area contributed by atoms with Crippen LogP contribution in [0.5, 0.6) is 5.75 Å². The van der Waals surface area contributed by atoms with Gasteiger partial charge < -0.3 is 20.7 Å². The lowest BCUT2D eigenvalue weighted by atomic mass is 9.49. The minimum Gasteiger partial charge on any atom is -0.428 e. The summed E-state index contributed by atoms with van der Waals surface area (Å²) in [6.45, 7) is -0.682. The number of benzene rings is 1. The van der Waals surface area contributed by atoms with E-state index in [1.807, 2.05) is 0 Å². The molecule has 3 saturated carbocycles. The number of carbonyl (C=O) groups excluding carboxylic acids is 2. The number of ether oxygens (including phenoxy) is 1. The van der Waals surface area contributed by atoms with Crippen LogP contribution in [-0.2, 0) is 11.3 Å². The maximum Gasteiger partial charge on any atom is 0.461 e. The van der Waals surface area contributed by atoms with Gasteiger partial charge in [-0.1, -0.05) is 0 Å². The second kappa shape index (κ2) is 7.10. The van der Waals surface area contributed by atoms with Crippen LogP contribution in [0.3, 0.4) is 0 Å². The average Bonchev–Trinajstić information content (AvgIpc) is 2.51. The Labute approximate surface area is 156 Å². The van der Waals surface area contributed by atoms with Gasteiger partial charge in [-0.05, 0) is 43.4 Å². The highest BCUT2D eigenvalue weighted by atomic mass is 19.3. The van der Waals surface area contributed by atoms with Crippen molar-refractivity contribution in [2.75, 3.05) is 6.54 Å². The lowest BCUT2D eigenvalue weighted by molar-refractivity contribution is -0.253. The summed E-state index contributed by atoms with van der Waals surface area (Å²) in [7, 11) is 0. The molecule has 28 heavy (non-hydrogen) atoms. The van der Waals surface area contributed by atoms with E-state index >= 15 is 0 Å². The molecule has 3 aliphatic carbocycles. The molecule has 0 unspecified atom stereocenters. The van der Waals surface area contributed by atoms with Gasteiger partial charge in [0.1, 0.15) is 11.6 Å². The normalized spacial score (nSPS) is 22.9. The molecule has 0 heterocycles. The molecule has 0 aliphatic heterocycles. The van der Waals surface area contributed by atoms with Gasteiger partial charge in [0.05, 0.1) is 6.54 Å². The van der Waals surface area contributed by atoms with Crippen LogP contribution in [0.15, 0.2) is 18.2 Å². The molecule has 3 amide bonds. The van der Waals surface area contributed by atoms with Gasteiger partial charge in [0.25, 0.3) is 0 Å². The molecule has 154 valence electrons. The van der Waals surface area contributed by atoms with Gasteiger partial charge in [0.2, 0.25) is 5.91 Å². The van der Waals surface area contributed by atoms with E-state index in [9.17, 15) is 31.5 Å². The van der Waals surface area contributed by atoms with Crippen LogP contribution in [0.2, 0.25) is 0 Å². The van der Waals surface area contributed by atoms with Gasteiger partial charge in [0, 0.05) is 17.6 Å². The quantitative estimate of drug-likeness (QED) is 0.650. The minimum atomic E-state index is -4.73. The van der Waals surface area contributed by atoms with Crippen molar-refractivity contribution in [2.24, 2.45) is 11.7 Å². The van der Waals surface area contributed by atoms with Gasteiger partial charge in [-0.15, -0.1) is 0 Å². The summed E-state index contributed by atoms with van der Waals surface area (Å²) in [4.78, 5) is 24.7. The second-order valence-electron chi connectivity index (χ2n) is 7.12. The van der Waals surface area contributed by atoms with E-state index in [4.69, 9.17) is 5.73 Å². The Morgan fingerprint density at radius 1 is 1.32 bits per heavy atom. The van der Waals surface area contributed by atoms with E-state index in [-0.39, 0.29) is 12.1 Å². The van der Waals surface area contributed by atoms with Crippen LogP contribution >= 0.6 is 0 Å². The minimum absolute atomic E-state index is 0.167. The topological polar surface area (TPSA) is 84.7 Å². The van der Waals surface area contributed by atoms with Crippen LogP contribution in [0.25, 0.3) is 0 Å². The fraction of sp³-hybridized carbons (Fsp3) is 0.529. The number of carbonyl (C=O) groups is 2. The maximum absolute atomic E-state index is 14.2. The number of primary amides is 1. The Bertz CT molecular complexity index is 772. The molecule has 1 aromatic rings. The highest BCUT2D eigenvalue weighted by molar-refractivity contribution is 5.84. The Morgan fingerprint density at radius 3 is 2.46 bits per heavy atom. The number of alkyl halides is 4. The highest BCUT2D eigenvalue weighted by Crippen LogP contribution is 2.61. The first-order valence-electron chi connectivity index (χ1n) is 8.49. The van der Waals surface area contributed by atoms with Crippen molar-refractivity contribution >= 4 is 11.9 Å². The van der Waals surface area contributed by atoms with Crippen molar-refractivity contribution in [1.29, 1.82) is 0 Å². The van der Waals surface area contributed by atoms with Crippen molar-refractivity contribution in [3.63, 3.8) is 0 Å². The molecule has 11 heteroatoms. The average molecular weight is 407 g/mol. The number of nitrogens with two attached hydrogens (primary N) is 1. The lowest BCUT2D eigenvalue weighted by Crippen LogP contribution is -2.70. The zero-order valence-corrected chi connectivity index (χ0v) is 14.6. The van der Waals surface area contributed by atoms with Crippen molar-refractivity contribution in [3.8, 4) is 5.75 Å². The molecule has 0 atom stereocenters. The molecule has 1 aromatic carbocycles. The highest BCUT2D eigenvalue weighted by Gasteiger charge is 2.61. The van der Waals surface area contributed by atoms with Crippen LogP contribution in [0, 0.1) is 11.7 Å². The summed E-state index contributed by atoms with van der Waals surface area (Å²) in [5.41, 5.74) is 4.31. The predicted molar refractivity (Wildman–Crippen MR) is 86.2 cm³/mol. The fourth-order valence-corrected chi connectivity index (χ4v) is 3.65. The number of hydrogen-bond donors (Lipinski definition) is 2. The Hall–Kier alpha value is -2.59. The zero-order valence-electron chi connectivity index (χ0n) is 14.6. The number of urea groups is 1. The van der Waals surface area contributed by atoms with Crippen molar-refractivity contribution in [3.05, 3.63) is 29.6 Å². The van der Waals surface area contributed by atoms with E-state index in [1.165, 1.54) is 4.90 Å². The summed E-state index contributed by atoms with van der Waals surface area (Å²) in [6, 6.07) is 1.57. The second-order valence-corrected chi connectivity index (χ2v) is 7.12. The molecule has 4 rings (SSSR count). The molecule has 0 spiro atoms. The smallest absolute Gasteiger partial charge is 0.428 e. The lowest BCUT2D eigenvalue weighted by Gasteiger charge is -2.66. The van der Waals surface area contributed by atoms with Crippen LogP contribution < -0.4 is 15.8 Å². The molecule has 0 saturated heterocycles. The number of nitrogens with one attached hydrogen (secondary N) is 1. The first-order chi connectivity index (χ1) is 13.0. The van der Waals surface area contributed by atoms with Gasteiger partial charge in [0.15, 0.2) is 0 Å². The summed E-state index contributed by atoms with van der Waals surface area (Å²) in [5.74, 6) is -1.49. The molecule has 6 nitrogen and oxygen atoms in total. The Morgan fingerprint density at radius 2 is 1.96 bits per heavy atom. The molecule has 0 radical (unpaired) electrons. The summed E-state index contributed by atoms with van der Waals surface area (Å²) < 4.78 is 69.0. The van der Waals surface area contributed by atoms with Crippen molar-refractivity contribution < 1.29 is 36.3 Å². The molecule has 3 fully saturated rings. The number of nitrogens with zero attached hydrogens (tertiary/aromatic N) is 1. The monoisotopic (exact) mass is 407 g/mol. The third-order valence-electron chi connectivity index (χ3n) is 5.15. The van der Waals surface area contributed by atoms with E-state index in [2.05, 4.69) is 10.1 Å². The largest absolute Gasteiger partial charge is 0.461 e. The molecular formula is C17H18F5N3O3. The standard InChI is InChI=1S/C17H18F5N3O3/c18-12-2-1-11(28-17(21,22)14(19)20)3-10(12)8-25(13(26)7-24-15(23)27)16-4-9(5-16)6-16/h1-3,9,14H,4-8H2,(H3,23,24,27). The molecule has 0 aromatic heterocycles. The van der Waals surface area contributed by atoms with Crippen LogP contribution in [0.4, 0.5) is 26.7 Å². The molecular weight excluding hydrogens is 389 g/mol. The van der Waals surface area contributed by atoms with Gasteiger partial charge in [-0.3, -0.25) is 4.79 Å². The van der Waals surface area contributed by atoms with E-state index in [0.29, 0.717) is 5.92 Å². The van der Waals surface area contributed by atoms with E-state index < -0.39 is 48.1 Å². The third kappa shape index (κ3) is 3.83. The Kier molecular flexibility index (Phi) is 5.11. The SMILES string of the molecule is NC(=O)NCC(=O)N(Cc1cc(OC(F)(F)C(F)F)ccc1F)C12CC(C1)C2. The molecule has 3 N–H and O–H groups in total. The van der Waals surface area contributed by atoms with Crippen LogP contribution in [0.1, 0.15) is 24.8 Å². The summed E-state index contributed by atoms with van der Waals surface area (Å²) in [5, 5.41) is 2.17. The fourth-order valence-electron chi connectivity index (χ4n) is 3.65. The number of halogens is 5. The van der Waals surface area contributed by atoms with Crippen molar-refractivity contribution in [1.82, 2.24) is 10.2 Å². The van der Waals surface area contributed by atoms with Gasteiger partial charge in [-0.2, -0.15) is 17.6 Å². The van der Waals surface area contributed by atoms with Crippen molar-refractivity contribution in [2.45, 2.75) is 43.9 Å². The van der Waals surface area contributed by atoms with E-state index in [1.54, 1.807) is 0 Å². The maximum atomic E-state index is 14.2. The van der Waals surface area contributed by atoms with Gasteiger partial charge >= 0.3 is 18.6 Å². The van der Waals surface area contributed by atoms with E-state index in [0.717, 1.165) is 37.5 Å². The molecule has 3 aliphatic rings.